The minimum absolute atomic E-state index is 0.317. The van der Waals surface area contributed by atoms with Gasteiger partial charge in [0.15, 0.2) is 0 Å². The minimum Gasteiger partial charge on any atom is -0.227 e. The molecular weight excluding hydrogens is 189 g/mol. The molecule has 2 heteroatoms. The lowest BCUT2D eigenvalue weighted by molar-refractivity contribution is 0.565. The lowest BCUT2D eigenvalue weighted by Gasteiger charge is -2.06. The lowest BCUT2D eigenvalue weighted by atomic mass is 10.0. The molecule has 1 heterocycles. The Morgan fingerprint density at radius 2 is 2.07 bits per heavy atom. The molecule has 0 saturated heterocycles. The number of unbranched alkanes of at least 4 members (excludes halogenated alkanes) is 1. The van der Waals surface area contributed by atoms with Gasteiger partial charge in [-0.3, -0.25) is 0 Å². The highest BCUT2D eigenvalue weighted by atomic mass is 19.1. The summed E-state index contributed by atoms with van der Waals surface area (Å²) in [6, 6.07) is 7.82. The number of aryl methyl sites for hydroxylation is 1. The average Bonchev–Trinajstić information content (AvgIpc) is 2.28. The Bertz CT molecular complexity index is 465. The Morgan fingerprint density at radius 3 is 2.87 bits per heavy atom. The van der Waals surface area contributed by atoms with E-state index in [1.165, 1.54) is 0 Å². The number of halogens is 1. The molecule has 0 aliphatic heterocycles. The summed E-state index contributed by atoms with van der Waals surface area (Å²) in [4.78, 5) is 3.79. The average molecular weight is 203 g/mol. The van der Waals surface area contributed by atoms with Crippen molar-refractivity contribution >= 4 is 10.8 Å². The van der Waals surface area contributed by atoms with Crippen molar-refractivity contribution < 1.29 is 4.39 Å². The van der Waals surface area contributed by atoms with Crippen LogP contribution in [0, 0.1) is 5.95 Å². The van der Waals surface area contributed by atoms with E-state index in [0.29, 0.717) is 0 Å². The largest absolute Gasteiger partial charge is 0.227 e. The van der Waals surface area contributed by atoms with Crippen molar-refractivity contribution in [3.8, 4) is 0 Å². The van der Waals surface area contributed by atoms with Crippen molar-refractivity contribution in [1.82, 2.24) is 4.98 Å². The zero-order valence-electron chi connectivity index (χ0n) is 8.83. The summed E-state index contributed by atoms with van der Waals surface area (Å²) >= 11 is 0. The number of rotatable bonds is 3. The molecule has 0 aliphatic rings. The van der Waals surface area contributed by atoms with Crippen molar-refractivity contribution in [2.24, 2.45) is 0 Å². The molecule has 0 N–H and O–H groups in total. The first-order valence-electron chi connectivity index (χ1n) is 5.35. The maximum Gasteiger partial charge on any atom is 0.216 e. The van der Waals surface area contributed by atoms with Gasteiger partial charge < -0.3 is 0 Å². The van der Waals surface area contributed by atoms with Crippen LogP contribution in [0.3, 0.4) is 0 Å². The van der Waals surface area contributed by atoms with Crippen LogP contribution in [-0.2, 0) is 6.42 Å². The van der Waals surface area contributed by atoms with Gasteiger partial charge in [-0.2, -0.15) is 4.39 Å². The Balaban J connectivity index is 2.53. The number of pyridine rings is 1. The summed E-state index contributed by atoms with van der Waals surface area (Å²) in [5, 5.41) is 2.02. The van der Waals surface area contributed by atoms with E-state index >= 15 is 0 Å². The summed E-state index contributed by atoms with van der Waals surface area (Å²) in [5.74, 6) is -0.317. The highest BCUT2D eigenvalue weighted by Crippen LogP contribution is 2.21. The number of aromatic nitrogens is 1. The van der Waals surface area contributed by atoms with E-state index in [0.717, 1.165) is 35.6 Å². The van der Waals surface area contributed by atoms with Crippen LogP contribution in [0.5, 0.6) is 0 Å². The SMILES string of the molecule is CCCCc1c(F)ncc2ccccc12. The van der Waals surface area contributed by atoms with Crippen molar-refractivity contribution in [1.29, 1.82) is 0 Å². The molecule has 1 nitrogen and oxygen atoms in total. The zero-order valence-corrected chi connectivity index (χ0v) is 8.83. The fourth-order valence-corrected chi connectivity index (χ4v) is 1.79. The first-order valence-corrected chi connectivity index (χ1v) is 5.35. The fourth-order valence-electron chi connectivity index (χ4n) is 1.79. The van der Waals surface area contributed by atoms with Crippen LogP contribution in [0.25, 0.3) is 10.8 Å². The second-order valence-electron chi connectivity index (χ2n) is 3.72. The zero-order chi connectivity index (χ0) is 10.7. The van der Waals surface area contributed by atoms with Gasteiger partial charge in [0.1, 0.15) is 0 Å². The van der Waals surface area contributed by atoms with Crippen LogP contribution in [0.15, 0.2) is 30.5 Å². The third-order valence-corrected chi connectivity index (χ3v) is 2.63. The van der Waals surface area contributed by atoms with E-state index in [-0.39, 0.29) is 5.95 Å². The van der Waals surface area contributed by atoms with E-state index in [1.54, 1.807) is 6.20 Å². The predicted octanol–water partition coefficient (Wildman–Crippen LogP) is 3.72. The number of fused-ring (bicyclic) bond motifs is 1. The monoisotopic (exact) mass is 203 g/mol. The molecule has 0 radical (unpaired) electrons. The molecule has 0 saturated carbocycles. The van der Waals surface area contributed by atoms with Gasteiger partial charge in [0.2, 0.25) is 5.95 Å². The predicted molar refractivity (Wildman–Crippen MR) is 60.3 cm³/mol. The van der Waals surface area contributed by atoms with Crippen LogP contribution in [0.2, 0.25) is 0 Å². The molecule has 0 amide bonds. The Labute approximate surface area is 89.0 Å². The van der Waals surface area contributed by atoms with Crippen LogP contribution < -0.4 is 0 Å². The normalized spacial score (nSPS) is 10.8. The first-order chi connectivity index (χ1) is 7.33. The van der Waals surface area contributed by atoms with E-state index < -0.39 is 0 Å². The van der Waals surface area contributed by atoms with Gasteiger partial charge in [0.05, 0.1) is 0 Å². The molecule has 2 rings (SSSR count). The molecule has 78 valence electrons. The summed E-state index contributed by atoms with van der Waals surface area (Å²) in [6.45, 7) is 2.11. The molecule has 1 aromatic heterocycles. The van der Waals surface area contributed by atoms with Gasteiger partial charge in [0, 0.05) is 17.1 Å². The van der Waals surface area contributed by atoms with Crippen molar-refractivity contribution in [3.63, 3.8) is 0 Å². The molecule has 0 aliphatic carbocycles. The standard InChI is InChI=1S/C13H14FN/c1-2-3-7-12-11-8-5-4-6-10(11)9-15-13(12)14/h4-6,8-9H,2-3,7H2,1H3. The highest BCUT2D eigenvalue weighted by molar-refractivity contribution is 5.84. The smallest absolute Gasteiger partial charge is 0.216 e. The second-order valence-corrected chi connectivity index (χ2v) is 3.72. The van der Waals surface area contributed by atoms with Gasteiger partial charge in [-0.05, 0) is 18.2 Å². The van der Waals surface area contributed by atoms with Crippen LogP contribution >= 0.6 is 0 Å². The molecule has 15 heavy (non-hydrogen) atoms. The molecular formula is C13H14FN. The number of nitrogens with zero attached hydrogens (tertiary/aromatic N) is 1. The first kappa shape index (κ1) is 10.1. The molecule has 1 aromatic carbocycles. The molecule has 2 aromatic rings. The number of hydrogen-bond acceptors (Lipinski definition) is 1. The number of benzene rings is 1. The second kappa shape index (κ2) is 4.39. The summed E-state index contributed by atoms with van der Waals surface area (Å²) in [7, 11) is 0. The third-order valence-electron chi connectivity index (χ3n) is 2.63. The third kappa shape index (κ3) is 1.99. The molecule has 0 unspecified atom stereocenters. The van der Waals surface area contributed by atoms with Crippen molar-refractivity contribution in [2.45, 2.75) is 26.2 Å². The van der Waals surface area contributed by atoms with Gasteiger partial charge >= 0.3 is 0 Å². The maximum atomic E-state index is 13.5. The van der Waals surface area contributed by atoms with Crippen LogP contribution in [0.4, 0.5) is 4.39 Å². The van der Waals surface area contributed by atoms with E-state index in [4.69, 9.17) is 0 Å². The molecule has 0 bridgehead atoms. The van der Waals surface area contributed by atoms with Crippen LogP contribution in [-0.4, -0.2) is 4.98 Å². The fraction of sp³-hybridized carbons (Fsp3) is 0.308. The van der Waals surface area contributed by atoms with Crippen LogP contribution in [0.1, 0.15) is 25.3 Å². The van der Waals surface area contributed by atoms with E-state index in [9.17, 15) is 4.39 Å². The Morgan fingerprint density at radius 1 is 1.27 bits per heavy atom. The molecule has 0 atom stereocenters. The summed E-state index contributed by atoms with van der Waals surface area (Å²) in [5.41, 5.74) is 0.759. The summed E-state index contributed by atoms with van der Waals surface area (Å²) in [6.07, 6.45) is 4.45. The van der Waals surface area contributed by atoms with Gasteiger partial charge in [-0.1, -0.05) is 37.6 Å². The molecule has 0 fully saturated rings. The van der Waals surface area contributed by atoms with Gasteiger partial charge in [-0.25, -0.2) is 4.98 Å². The Hall–Kier alpha value is -1.44. The quantitative estimate of drug-likeness (QED) is 0.693. The minimum atomic E-state index is -0.317. The van der Waals surface area contributed by atoms with Gasteiger partial charge in [-0.15, -0.1) is 0 Å². The van der Waals surface area contributed by atoms with Crippen molar-refractivity contribution in [3.05, 3.63) is 42.0 Å². The lowest BCUT2D eigenvalue weighted by Crippen LogP contribution is -1.95. The maximum absolute atomic E-state index is 13.5. The highest BCUT2D eigenvalue weighted by Gasteiger charge is 2.07. The van der Waals surface area contributed by atoms with Gasteiger partial charge in [0.25, 0.3) is 0 Å². The van der Waals surface area contributed by atoms with Crippen molar-refractivity contribution in [2.75, 3.05) is 0 Å². The molecule has 0 spiro atoms. The Kier molecular flexibility index (Phi) is 2.95. The van der Waals surface area contributed by atoms with E-state index in [1.807, 2.05) is 24.3 Å². The number of hydrogen-bond donors (Lipinski definition) is 0. The topological polar surface area (TPSA) is 12.9 Å². The summed E-state index contributed by atoms with van der Waals surface area (Å²) < 4.78 is 13.5. The van der Waals surface area contributed by atoms with E-state index in [2.05, 4.69) is 11.9 Å².